The fourth-order valence-corrected chi connectivity index (χ4v) is 2.00. The van der Waals surface area contributed by atoms with Gasteiger partial charge < -0.3 is 10.1 Å². The zero-order valence-corrected chi connectivity index (χ0v) is 12.6. The number of nitrogens with zero attached hydrogens (tertiary/aromatic N) is 1. The first-order chi connectivity index (χ1) is 10.8. The van der Waals surface area contributed by atoms with Gasteiger partial charge in [-0.3, -0.25) is 0 Å². The minimum absolute atomic E-state index is 0.233. The number of anilines is 2. The van der Waals surface area contributed by atoms with E-state index in [2.05, 4.69) is 10.3 Å². The Morgan fingerprint density at radius 2 is 2.04 bits per heavy atom. The van der Waals surface area contributed by atoms with E-state index in [-0.39, 0.29) is 12.3 Å². The van der Waals surface area contributed by atoms with Crippen LogP contribution in [0.2, 0.25) is 0 Å². The topological polar surface area (TPSA) is 51.2 Å². The number of benzene rings is 1. The second-order valence-electron chi connectivity index (χ2n) is 4.76. The third kappa shape index (κ3) is 4.00. The maximum absolute atomic E-state index is 12.7. The molecule has 0 amide bonds. The number of pyridine rings is 1. The van der Waals surface area contributed by atoms with E-state index in [0.717, 1.165) is 12.1 Å². The van der Waals surface area contributed by atoms with Gasteiger partial charge in [-0.1, -0.05) is 6.07 Å². The van der Waals surface area contributed by atoms with E-state index in [4.69, 9.17) is 4.74 Å². The van der Waals surface area contributed by atoms with Gasteiger partial charge in [-0.2, -0.15) is 13.2 Å². The molecule has 0 fully saturated rings. The van der Waals surface area contributed by atoms with Gasteiger partial charge in [0.25, 0.3) is 0 Å². The Bertz CT molecular complexity index is 715. The molecule has 0 spiro atoms. The highest BCUT2D eigenvalue weighted by Crippen LogP contribution is 2.31. The molecule has 23 heavy (non-hydrogen) atoms. The smallest absolute Gasteiger partial charge is 0.416 e. The summed E-state index contributed by atoms with van der Waals surface area (Å²) in [5, 5.41) is 2.80. The van der Waals surface area contributed by atoms with E-state index < -0.39 is 17.7 Å². The van der Waals surface area contributed by atoms with Crippen molar-refractivity contribution in [3.8, 4) is 0 Å². The molecule has 0 aliphatic carbocycles. The van der Waals surface area contributed by atoms with E-state index in [1.165, 1.54) is 24.4 Å². The zero-order valence-electron chi connectivity index (χ0n) is 12.6. The summed E-state index contributed by atoms with van der Waals surface area (Å²) in [5.41, 5.74) is 0.290. The molecular formula is C16H15F3N2O2. The molecule has 122 valence electrons. The number of nitrogens with one attached hydrogen (secondary N) is 1. The Morgan fingerprint density at radius 3 is 2.70 bits per heavy atom. The monoisotopic (exact) mass is 324 g/mol. The molecule has 0 aliphatic heterocycles. The van der Waals surface area contributed by atoms with E-state index >= 15 is 0 Å². The number of rotatable bonds is 4. The summed E-state index contributed by atoms with van der Waals surface area (Å²) in [6.07, 6.45) is -3.03. The molecule has 0 aliphatic rings. The van der Waals surface area contributed by atoms with Gasteiger partial charge in [-0.25, -0.2) is 9.78 Å². The number of halogens is 3. The molecule has 0 radical (unpaired) electrons. The minimum atomic E-state index is -4.42. The second kappa shape index (κ2) is 6.68. The lowest BCUT2D eigenvalue weighted by Gasteiger charge is -2.13. The van der Waals surface area contributed by atoms with Crippen LogP contribution in [0.4, 0.5) is 24.7 Å². The lowest BCUT2D eigenvalue weighted by atomic mass is 10.1. The number of carbonyl (C=O) groups is 1. The number of esters is 1. The quantitative estimate of drug-likeness (QED) is 0.851. The first kappa shape index (κ1) is 16.8. The summed E-state index contributed by atoms with van der Waals surface area (Å²) in [6.45, 7) is 3.57. The molecular weight excluding hydrogens is 309 g/mol. The largest absolute Gasteiger partial charge is 0.462 e. The van der Waals surface area contributed by atoms with E-state index in [1.54, 1.807) is 13.8 Å². The fraction of sp³-hybridized carbons (Fsp3) is 0.250. The van der Waals surface area contributed by atoms with Crippen molar-refractivity contribution in [3.05, 3.63) is 53.2 Å². The van der Waals surface area contributed by atoms with Gasteiger partial charge in [-0.05, 0) is 38.1 Å². The maximum Gasteiger partial charge on any atom is 0.416 e. The predicted molar refractivity (Wildman–Crippen MR) is 79.7 cm³/mol. The maximum atomic E-state index is 12.7. The molecule has 0 saturated carbocycles. The highest BCUT2D eigenvalue weighted by Gasteiger charge is 2.30. The number of alkyl halides is 3. The molecule has 0 unspecified atom stereocenters. The Labute approximate surface area is 131 Å². The van der Waals surface area contributed by atoms with Crippen LogP contribution in [0.25, 0.3) is 0 Å². The van der Waals surface area contributed by atoms with Crippen molar-refractivity contribution in [1.82, 2.24) is 4.98 Å². The van der Waals surface area contributed by atoms with E-state index in [1.807, 2.05) is 0 Å². The molecule has 1 heterocycles. The van der Waals surface area contributed by atoms with Crippen LogP contribution < -0.4 is 5.32 Å². The Kier molecular flexibility index (Phi) is 4.88. The van der Waals surface area contributed by atoms with Crippen LogP contribution in [0.5, 0.6) is 0 Å². The number of carbonyl (C=O) groups excluding carboxylic acids is 1. The summed E-state index contributed by atoms with van der Waals surface area (Å²) in [5.74, 6) is -0.200. The highest BCUT2D eigenvalue weighted by atomic mass is 19.4. The number of ether oxygens (including phenoxy) is 1. The summed E-state index contributed by atoms with van der Waals surface area (Å²) in [7, 11) is 0. The Hall–Kier alpha value is -2.57. The average Bonchev–Trinajstić information content (AvgIpc) is 2.49. The van der Waals surface area contributed by atoms with Crippen LogP contribution in [0, 0.1) is 6.92 Å². The van der Waals surface area contributed by atoms with Gasteiger partial charge in [0.2, 0.25) is 0 Å². The number of hydrogen-bond donors (Lipinski definition) is 1. The molecule has 1 N–H and O–H groups in total. The molecule has 7 heteroatoms. The van der Waals surface area contributed by atoms with Crippen molar-refractivity contribution in [3.63, 3.8) is 0 Å². The van der Waals surface area contributed by atoms with Gasteiger partial charge in [0.05, 0.1) is 17.7 Å². The highest BCUT2D eigenvalue weighted by molar-refractivity contribution is 5.92. The van der Waals surface area contributed by atoms with Gasteiger partial charge in [0, 0.05) is 17.4 Å². The Balaban J connectivity index is 2.31. The normalized spacial score (nSPS) is 11.2. The second-order valence-corrected chi connectivity index (χ2v) is 4.76. The van der Waals surface area contributed by atoms with E-state index in [0.29, 0.717) is 16.9 Å². The van der Waals surface area contributed by atoms with Crippen LogP contribution in [0.3, 0.4) is 0 Å². The minimum Gasteiger partial charge on any atom is -0.462 e. The fourth-order valence-electron chi connectivity index (χ4n) is 2.00. The van der Waals surface area contributed by atoms with Crippen LogP contribution in [-0.2, 0) is 10.9 Å². The molecule has 1 aromatic heterocycles. The lowest BCUT2D eigenvalue weighted by molar-refractivity contribution is -0.137. The van der Waals surface area contributed by atoms with Gasteiger partial charge in [0.15, 0.2) is 0 Å². The summed E-state index contributed by atoms with van der Waals surface area (Å²) in [6, 6.07) is 6.27. The standard InChI is InChI=1S/C16H15F3N2O2/c1-3-23-15(22)13-7-8-20-14(10(13)2)21-12-6-4-5-11(9-12)16(17,18)19/h4-9H,3H2,1-2H3,(H,20,21). The number of hydrogen-bond acceptors (Lipinski definition) is 4. The van der Waals surface area contributed by atoms with Crippen LogP contribution in [0.1, 0.15) is 28.4 Å². The molecule has 0 atom stereocenters. The number of aromatic nitrogens is 1. The predicted octanol–water partition coefficient (Wildman–Crippen LogP) is 4.33. The zero-order chi connectivity index (χ0) is 17.0. The van der Waals surface area contributed by atoms with Crippen LogP contribution in [-0.4, -0.2) is 17.6 Å². The van der Waals surface area contributed by atoms with Crippen LogP contribution >= 0.6 is 0 Å². The third-order valence-corrected chi connectivity index (χ3v) is 3.15. The van der Waals surface area contributed by atoms with Crippen LogP contribution in [0.15, 0.2) is 36.5 Å². The van der Waals surface area contributed by atoms with Gasteiger partial charge in [0.1, 0.15) is 5.82 Å². The lowest BCUT2D eigenvalue weighted by Crippen LogP contribution is -2.09. The molecule has 2 aromatic rings. The first-order valence-electron chi connectivity index (χ1n) is 6.90. The van der Waals surface area contributed by atoms with Crippen molar-refractivity contribution in [2.24, 2.45) is 0 Å². The SMILES string of the molecule is CCOC(=O)c1ccnc(Nc2cccc(C(F)(F)F)c2)c1C. The third-order valence-electron chi connectivity index (χ3n) is 3.15. The van der Waals surface area contributed by atoms with Crippen molar-refractivity contribution < 1.29 is 22.7 Å². The Morgan fingerprint density at radius 1 is 1.30 bits per heavy atom. The summed E-state index contributed by atoms with van der Waals surface area (Å²) < 4.78 is 43.1. The molecule has 2 rings (SSSR count). The molecule has 0 bridgehead atoms. The van der Waals surface area contributed by atoms with Gasteiger partial charge >= 0.3 is 12.1 Å². The summed E-state index contributed by atoms with van der Waals surface area (Å²) >= 11 is 0. The van der Waals surface area contributed by atoms with Crippen molar-refractivity contribution in [1.29, 1.82) is 0 Å². The van der Waals surface area contributed by atoms with Crippen molar-refractivity contribution >= 4 is 17.5 Å². The molecule has 0 saturated heterocycles. The average molecular weight is 324 g/mol. The first-order valence-corrected chi connectivity index (χ1v) is 6.90. The van der Waals surface area contributed by atoms with Crippen molar-refractivity contribution in [2.75, 3.05) is 11.9 Å². The van der Waals surface area contributed by atoms with E-state index in [9.17, 15) is 18.0 Å². The molecule has 1 aromatic carbocycles. The molecule has 4 nitrogen and oxygen atoms in total. The summed E-state index contributed by atoms with van der Waals surface area (Å²) in [4.78, 5) is 15.9. The van der Waals surface area contributed by atoms with Gasteiger partial charge in [-0.15, -0.1) is 0 Å². The van der Waals surface area contributed by atoms with Crippen molar-refractivity contribution in [2.45, 2.75) is 20.0 Å².